The number of aromatic nitrogens is 1. The van der Waals surface area contributed by atoms with E-state index in [-0.39, 0.29) is 5.56 Å². The molecular formula is C24H23N3O2S2. The van der Waals surface area contributed by atoms with Gasteiger partial charge in [0.1, 0.15) is 5.75 Å². The van der Waals surface area contributed by atoms with Crippen LogP contribution in [0.3, 0.4) is 0 Å². The topological polar surface area (TPSA) is 57.4 Å². The van der Waals surface area contributed by atoms with Gasteiger partial charge in [-0.05, 0) is 77.9 Å². The van der Waals surface area contributed by atoms with Gasteiger partial charge in [0.25, 0.3) is 5.56 Å². The molecule has 2 heterocycles. The Balaban J connectivity index is 1.60. The van der Waals surface area contributed by atoms with Gasteiger partial charge < -0.3 is 19.9 Å². The molecule has 7 heteroatoms. The first kappa shape index (κ1) is 21.1. The van der Waals surface area contributed by atoms with Gasteiger partial charge >= 0.3 is 0 Å². The Kier molecular flexibility index (Phi) is 6.34. The molecule has 0 saturated heterocycles. The maximum Gasteiger partial charge on any atom is 0.253 e. The zero-order valence-corrected chi connectivity index (χ0v) is 19.0. The summed E-state index contributed by atoms with van der Waals surface area (Å²) in [5.41, 5.74) is 3.40. The second-order valence-corrected chi connectivity index (χ2v) is 8.73. The van der Waals surface area contributed by atoms with E-state index in [4.69, 9.17) is 17.0 Å². The minimum atomic E-state index is -0.0958. The fourth-order valence-electron chi connectivity index (χ4n) is 3.35. The second kappa shape index (κ2) is 9.32. The fourth-order valence-corrected chi connectivity index (χ4v) is 4.32. The highest BCUT2D eigenvalue weighted by molar-refractivity contribution is 7.80. The van der Waals surface area contributed by atoms with Crippen molar-refractivity contribution in [2.24, 2.45) is 0 Å². The van der Waals surface area contributed by atoms with Crippen LogP contribution in [0.15, 0.2) is 70.8 Å². The lowest BCUT2D eigenvalue weighted by molar-refractivity contribution is 0.414. The van der Waals surface area contributed by atoms with Crippen LogP contribution in [-0.2, 0) is 13.1 Å². The van der Waals surface area contributed by atoms with Gasteiger partial charge in [0.2, 0.25) is 0 Å². The summed E-state index contributed by atoms with van der Waals surface area (Å²) >= 11 is 7.39. The first-order chi connectivity index (χ1) is 15.0. The number of ether oxygens (including phenoxy) is 1. The molecule has 0 spiro atoms. The summed E-state index contributed by atoms with van der Waals surface area (Å²) < 4.78 is 5.22. The summed E-state index contributed by atoms with van der Waals surface area (Å²) in [7, 11) is 1.64. The Hall–Kier alpha value is -3.16. The SMILES string of the molecule is COc1ccc(NC(=S)N(Cc2cccs2)Cc2cc3ccc(C)cc3[nH]c2=O)cc1. The van der Waals surface area contributed by atoms with Crippen molar-refractivity contribution in [3.05, 3.63) is 92.4 Å². The van der Waals surface area contributed by atoms with Gasteiger partial charge in [0.05, 0.1) is 20.2 Å². The minimum absolute atomic E-state index is 0.0958. The third-order valence-electron chi connectivity index (χ3n) is 4.99. The number of nitrogens with zero attached hydrogens (tertiary/aromatic N) is 1. The van der Waals surface area contributed by atoms with Crippen molar-refractivity contribution in [3.63, 3.8) is 0 Å². The Labute approximate surface area is 190 Å². The smallest absolute Gasteiger partial charge is 0.253 e. The summed E-state index contributed by atoms with van der Waals surface area (Å²) in [5.74, 6) is 0.782. The minimum Gasteiger partial charge on any atom is -0.497 e. The van der Waals surface area contributed by atoms with E-state index in [1.165, 1.54) is 4.88 Å². The van der Waals surface area contributed by atoms with Crippen molar-refractivity contribution in [2.75, 3.05) is 12.4 Å². The standard InChI is InChI=1S/C24H23N3O2S2/c1-16-5-6-17-13-18(23(28)26-22(17)12-16)14-27(15-21-4-3-11-31-21)24(30)25-19-7-9-20(29-2)10-8-19/h3-13H,14-15H2,1-2H3,(H,25,30)(H,26,28). The molecule has 4 aromatic rings. The average Bonchev–Trinajstić information content (AvgIpc) is 3.27. The number of aromatic amines is 1. The van der Waals surface area contributed by atoms with Crippen LogP contribution in [0.5, 0.6) is 5.75 Å². The number of hydrogen-bond donors (Lipinski definition) is 2. The zero-order valence-electron chi connectivity index (χ0n) is 17.3. The molecule has 0 radical (unpaired) electrons. The number of rotatable bonds is 6. The largest absolute Gasteiger partial charge is 0.497 e. The third kappa shape index (κ3) is 5.13. The lowest BCUT2D eigenvalue weighted by atomic mass is 10.1. The molecule has 2 aromatic carbocycles. The van der Waals surface area contributed by atoms with Crippen molar-refractivity contribution >= 4 is 45.3 Å². The lowest BCUT2D eigenvalue weighted by Crippen LogP contribution is -2.35. The van der Waals surface area contributed by atoms with Gasteiger partial charge in [0.15, 0.2) is 5.11 Å². The van der Waals surface area contributed by atoms with Crippen LogP contribution < -0.4 is 15.6 Å². The number of methoxy groups -OCH3 is 1. The van der Waals surface area contributed by atoms with Crippen molar-refractivity contribution in [1.29, 1.82) is 0 Å². The van der Waals surface area contributed by atoms with Crippen LogP contribution in [0, 0.1) is 6.92 Å². The Morgan fingerprint density at radius 1 is 1.13 bits per heavy atom. The number of anilines is 1. The molecule has 0 aliphatic heterocycles. The molecule has 4 rings (SSSR count). The summed E-state index contributed by atoms with van der Waals surface area (Å²) in [6, 6.07) is 19.7. The maximum absolute atomic E-state index is 12.8. The number of pyridine rings is 1. The Morgan fingerprint density at radius 2 is 1.94 bits per heavy atom. The monoisotopic (exact) mass is 449 g/mol. The highest BCUT2D eigenvalue weighted by Crippen LogP contribution is 2.19. The van der Waals surface area contributed by atoms with Gasteiger partial charge in [-0.25, -0.2) is 0 Å². The van der Waals surface area contributed by atoms with Crippen molar-refractivity contribution in [3.8, 4) is 5.75 Å². The quantitative estimate of drug-likeness (QED) is 0.391. The number of nitrogens with one attached hydrogen (secondary N) is 2. The normalized spacial score (nSPS) is 10.8. The van der Waals surface area contributed by atoms with E-state index in [9.17, 15) is 4.79 Å². The lowest BCUT2D eigenvalue weighted by Gasteiger charge is -2.25. The van der Waals surface area contributed by atoms with Crippen molar-refractivity contribution in [1.82, 2.24) is 9.88 Å². The zero-order chi connectivity index (χ0) is 21.8. The molecule has 0 saturated carbocycles. The third-order valence-corrected chi connectivity index (χ3v) is 6.22. The van der Waals surface area contributed by atoms with E-state index in [1.54, 1.807) is 18.4 Å². The Bertz CT molecular complexity index is 1250. The number of aryl methyl sites for hydroxylation is 1. The van der Waals surface area contributed by atoms with Crippen molar-refractivity contribution in [2.45, 2.75) is 20.0 Å². The van der Waals surface area contributed by atoms with Crippen LogP contribution in [-0.4, -0.2) is 22.1 Å². The molecule has 0 atom stereocenters. The van der Waals surface area contributed by atoms with Gasteiger partial charge in [-0.2, -0.15) is 0 Å². The molecule has 158 valence electrons. The molecule has 0 bridgehead atoms. The molecule has 2 aromatic heterocycles. The molecular weight excluding hydrogens is 426 g/mol. The van der Waals surface area contributed by atoms with Crippen molar-refractivity contribution < 1.29 is 4.74 Å². The van der Waals surface area contributed by atoms with Gasteiger partial charge in [-0.3, -0.25) is 4.79 Å². The van der Waals surface area contributed by atoms with Gasteiger partial charge in [-0.15, -0.1) is 11.3 Å². The highest BCUT2D eigenvalue weighted by Gasteiger charge is 2.15. The summed E-state index contributed by atoms with van der Waals surface area (Å²) in [5, 5.41) is 6.89. The van der Waals surface area contributed by atoms with E-state index in [0.29, 0.717) is 23.8 Å². The number of hydrogen-bond acceptors (Lipinski definition) is 4. The van der Waals surface area contributed by atoms with E-state index in [1.807, 2.05) is 71.8 Å². The molecule has 0 fully saturated rings. The second-order valence-electron chi connectivity index (χ2n) is 7.31. The number of fused-ring (bicyclic) bond motifs is 1. The number of benzene rings is 2. The van der Waals surface area contributed by atoms with E-state index in [0.717, 1.165) is 27.9 Å². The summed E-state index contributed by atoms with van der Waals surface area (Å²) in [4.78, 5) is 19.0. The van der Waals surface area contributed by atoms with E-state index >= 15 is 0 Å². The summed E-state index contributed by atoms with van der Waals surface area (Å²) in [6.45, 7) is 3.03. The molecule has 0 aliphatic rings. The Morgan fingerprint density at radius 3 is 2.65 bits per heavy atom. The molecule has 0 amide bonds. The molecule has 0 unspecified atom stereocenters. The average molecular weight is 450 g/mol. The predicted molar refractivity (Wildman–Crippen MR) is 132 cm³/mol. The molecule has 0 aliphatic carbocycles. The predicted octanol–water partition coefficient (Wildman–Crippen LogP) is 5.31. The van der Waals surface area contributed by atoms with Crippen LogP contribution in [0.25, 0.3) is 10.9 Å². The fraction of sp³-hybridized carbons (Fsp3) is 0.167. The van der Waals surface area contributed by atoms with E-state index in [2.05, 4.69) is 16.4 Å². The van der Waals surface area contributed by atoms with Gasteiger partial charge in [0, 0.05) is 21.6 Å². The van der Waals surface area contributed by atoms with Crippen LogP contribution in [0.4, 0.5) is 5.69 Å². The number of H-pyrrole nitrogens is 1. The highest BCUT2D eigenvalue weighted by atomic mass is 32.1. The maximum atomic E-state index is 12.8. The molecule has 5 nitrogen and oxygen atoms in total. The first-order valence-electron chi connectivity index (χ1n) is 9.87. The van der Waals surface area contributed by atoms with E-state index < -0.39 is 0 Å². The number of thiocarbonyl (C=S) groups is 1. The molecule has 2 N–H and O–H groups in total. The number of thiophene rings is 1. The molecule has 31 heavy (non-hydrogen) atoms. The van der Waals surface area contributed by atoms with Crippen LogP contribution in [0.1, 0.15) is 16.0 Å². The van der Waals surface area contributed by atoms with Gasteiger partial charge in [-0.1, -0.05) is 18.2 Å². The van der Waals surface area contributed by atoms with Crippen LogP contribution in [0.2, 0.25) is 0 Å². The summed E-state index contributed by atoms with van der Waals surface area (Å²) in [6.07, 6.45) is 0. The first-order valence-corrected chi connectivity index (χ1v) is 11.2. The van der Waals surface area contributed by atoms with Crippen LogP contribution >= 0.6 is 23.6 Å².